The second-order valence-electron chi connectivity index (χ2n) is 7.77. The summed E-state index contributed by atoms with van der Waals surface area (Å²) in [4.78, 5) is 13.1. The van der Waals surface area contributed by atoms with Crippen molar-refractivity contribution in [3.05, 3.63) is 52.3 Å². The third-order valence-corrected chi connectivity index (χ3v) is 5.94. The summed E-state index contributed by atoms with van der Waals surface area (Å²) < 4.78 is 47.8. The minimum atomic E-state index is -1.69. The highest BCUT2D eigenvalue weighted by atomic mass is 35.5. The Labute approximate surface area is 181 Å². The quantitative estimate of drug-likeness (QED) is 0.659. The number of carbonyl (C=O) groups excluding carboxylic acids is 1. The molecule has 4 rings (SSSR count). The van der Waals surface area contributed by atoms with Crippen LogP contribution in [0.2, 0.25) is 5.02 Å². The fourth-order valence-electron chi connectivity index (χ4n) is 3.88. The molecular weight excluding hydrogens is 437 g/mol. The summed E-state index contributed by atoms with van der Waals surface area (Å²) in [5, 5.41) is 24.0. The number of ether oxygens (including phenoxy) is 1. The lowest BCUT2D eigenvalue weighted by Crippen LogP contribution is -2.58. The van der Waals surface area contributed by atoms with Gasteiger partial charge in [0.05, 0.1) is 11.4 Å². The predicted molar refractivity (Wildman–Crippen MR) is 108 cm³/mol. The molecule has 2 heterocycles. The predicted octanol–water partition coefficient (Wildman–Crippen LogP) is 3.02. The van der Waals surface area contributed by atoms with Crippen LogP contribution in [0.25, 0.3) is 0 Å². The van der Waals surface area contributed by atoms with Crippen LogP contribution >= 0.6 is 11.6 Å². The third kappa shape index (κ3) is 4.17. The van der Waals surface area contributed by atoms with E-state index in [1.54, 1.807) is 4.90 Å². The minimum Gasteiger partial charge on any atom is -0.490 e. The molecule has 166 valence electrons. The normalized spacial score (nSPS) is 23.4. The zero-order valence-electron chi connectivity index (χ0n) is 16.3. The number of halogens is 4. The van der Waals surface area contributed by atoms with Crippen molar-refractivity contribution in [3.8, 4) is 5.75 Å². The molecule has 1 fully saturated rings. The van der Waals surface area contributed by atoms with E-state index in [0.29, 0.717) is 0 Å². The molecule has 6 nitrogen and oxygen atoms in total. The molecule has 2 aliphatic rings. The Kier molecular flexibility index (Phi) is 5.76. The summed E-state index contributed by atoms with van der Waals surface area (Å²) in [5.41, 5.74) is -1.42. The van der Waals surface area contributed by atoms with E-state index in [4.69, 9.17) is 16.3 Å². The fraction of sp³-hybridized carbons (Fsp3) is 0.381. The van der Waals surface area contributed by atoms with Gasteiger partial charge in [-0.2, -0.15) is 0 Å². The van der Waals surface area contributed by atoms with Gasteiger partial charge in [0, 0.05) is 36.2 Å². The molecule has 1 saturated heterocycles. The fourth-order valence-corrected chi connectivity index (χ4v) is 4.04. The van der Waals surface area contributed by atoms with Crippen molar-refractivity contribution in [1.29, 1.82) is 0 Å². The van der Waals surface area contributed by atoms with Gasteiger partial charge in [-0.15, -0.1) is 0 Å². The lowest BCUT2D eigenvalue weighted by atomic mass is 9.89. The molecule has 2 aromatic carbocycles. The number of amides is 1. The lowest BCUT2D eigenvalue weighted by molar-refractivity contribution is -0.116. The van der Waals surface area contributed by atoms with Gasteiger partial charge in [0.15, 0.2) is 11.6 Å². The Morgan fingerprint density at radius 3 is 2.71 bits per heavy atom. The summed E-state index contributed by atoms with van der Waals surface area (Å²) in [5.74, 6) is -3.36. The van der Waals surface area contributed by atoms with E-state index >= 15 is 0 Å². The molecule has 1 amide bonds. The number of fused-ring (bicyclic) bond motifs is 1. The Bertz CT molecular complexity index is 1040. The molecule has 0 saturated carbocycles. The van der Waals surface area contributed by atoms with Gasteiger partial charge in [-0.25, -0.2) is 13.2 Å². The van der Waals surface area contributed by atoms with Gasteiger partial charge >= 0.3 is 0 Å². The van der Waals surface area contributed by atoms with E-state index < -0.39 is 41.7 Å². The average Bonchev–Trinajstić information content (AvgIpc) is 2.72. The van der Waals surface area contributed by atoms with Crippen molar-refractivity contribution in [2.75, 3.05) is 29.9 Å². The second-order valence-corrected chi connectivity index (χ2v) is 8.21. The number of hydrogen-bond acceptors (Lipinski definition) is 5. The number of benzene rings is 2. The first-order valence-corrected chi connectivity index (χ1v) is 10.1. The topological polar surface area (TPSA) is 82.0 Å². The Morgan fingerprint density at radius 1 is 1.23 bits per heavy atom. The number of hydrogen-bond donors (Lipinski definition) is 3. The van der Waals surface area contributed by atoms with Gasteiger partial charge in [0.25, 0.3) is 0 Å². The average molecular weight is 457 g/mol. The van der Waals surface area contributed by atoms with Crippen molar-refractivity contribution in [1.82, 2.24) is 0 Å². The highest BCUT2D eigenvalue weighted by Gasteiger charge is 2.42. The van der Waals surface area contributed by atoms with Crippen LogP contribution < -0.4 is 15.0 Å². The lowest BCUT2D eigenvalue weighted by Gasteiger charge is -2.42. The van der Waals surface area contributed by atoms with Crippen LogP contribution in [0.3, 0.4) is 0 Å². The minimum absolute atomic E-state index is 0.0132. The zero-order valence-corrected chi connectivity index (χ0v) is 17.1. The molecule has 3 N–H and O–H groups in total. The first-order chi connectivity index (χ1) is 14.7. The van der Waals surface area contributed by atoms with Gasteiger partial charge in [-0.1, -0.05) is 11.6 Å². The summed E-state index contributed by atoms with van der Waals surface area (Å²) in [6.07, 6.45) is -1.02. The molecule has 0 aliphatic carbocycles. The highest BCUT2D eigenvalue weighted by molar-refractivity contribution is 6.30. The molecular formula is C21H20ClF3N2O4. The van der Waals surface area contributed by atoms with Crippen molar-refractivity contribution >= 4 is 28.9 Å². The van der Waals surface area contributed by atoms with E-state index in [0.717, 1.165) is 12.1 Å². The number of anilines is 2. The van der Waals surface area contributed by atoms with Crippen molar-refractivity contribution in [2.24, 2.45) is 0 Å². The van der Waals surface area contributed by atoms with Gasteiger partial charge < -0.3 is 25.2 Å². The molecule has 10 heteroatoms. The number of aliphatic hydroxyl groups is 2. The van der Waals surface area contributed by atoms with E-state index in [1.165, 1.54) is 12.1 Å². The van der Waals surface area contributed by atoms with E-state index in [1.807, 2.05) is 0 Å². The number of aliphatic hydroxyl groups excluding tert-OH is 1. The first-order valence-electron chi connectivity index (χ1n) is 9.72. The molecule has 0 aromatic heterocycles. The molecule has 0 spiro atoms. The first kappa shape index (κ1) is 21.7. The summed E-state index contributed by atoms with van der Waals surface area (Å²) in [6.45, 7) is -0.234. The van der Waals surface area contributed by atoms with Crippen molar-refractivity contribution < 1.29 is 32.9 Å². The molecule has 0 radical (unpaired) electrons. The van der Waals surface area contributed by atoms with Crippen molar-refractivity contribution in [2.45, 2.75) is 31.0 Å². The number of piperidine rings is 1. The molecule has 2 aliphatic heterocycles. The largest absolute Gasteiger partial charge is 0.490 e. The zero-order chi connectivity index (χ0) is 22.3. The van der Waals surface area contributed by atoms with E-state index in [-0.39, 0.29) is 60.1 Å². The molecule has 2 unspecified atom stereocenters. The van der Waals surface area contributed by atoms with E-state index in [2.05, 4.69) is 5.32 Å². The second kappa shape index (κ2) is 8.22. The summed E-state index contributed by atoms with van der Waals surface area (Å²) in [7, 11) is 0. The maximum atomic E-state index is 14.2. The maximum Gasteiger partial charge on any atom is 0.224 e. The summed E-state index contributed by atoms with van der Waals surface area (Å²) >= 11 is 5.77. The van der Waals surface area contributed by atoms with Gasteiger partial charge in [-0.3, -0.25) is 4.79 Å². The Balaban J connectivity index is 1.49. The van der Waals surface area contributed by atoms with E-state index in [9.17, 15) is 28.2 Å². The van der Waals surface area contributed by atoms with Crippen LogP contribution in [0.4, 0.5) is 24.5 Å². The van der Waals surface area contributed by atoms with Crippen LogP contribution in [-0.2, 0) is 11.2 Å². The maximum absolute atomic E-state index is 14.2. The highest BCUT2D eigenvalue weighted by Crippen LogP contribution is 2.37. The molecule has 31 heavy (non-hydrogen) atoms. The van der Waals surface area contributed by atoms with Crippen LogP contribution in [-0.4, -0.2) is 47.5 Å². The smallest absolute Gasteiger partial charge is 0.224 e. The third-order valence-electron chi connectivity index (χ3n) is 5.71. The van der Waals surface area contributed by atoms with Gasteiger partial charge in [0.2, 0.25) is 5.91 Å². The number of β-amino-alcohol motifs (C(OH)–C–C–N with tert-alkyl or cyclic N) is 1. The molecule has 2 aromatic rings. The van der Waals surface area contributed by atoms with Gasteiger partial charge in [0.1, 0.15) is 29.9 Å². The number of carbonyl (C=O) groups is 1. The van der Waals surface area contributed by atoms with Crippen LogP contribution in [0.15, 0.2) is 24.3 Å². The number of rotatable bonds is 4. The van der Waals surface area contributed by atoms with Crippen LogP contribution in [0.5, 0.6) is 5.75 Å². The Hall–Kier alpha value is -2.49. The molecule has 2 atom stereocenters. The summed E-state index contributed by atoms with van der Waals surface area (Å²) in [6, 6.07) is 5.05. The SMILES string of the molecule is O=C1CCc2c(OCC3(O)CCN(c4ccc(Cl)cc4F)CC3O)cc(F)c(F)c2N1. The van der Waals surface area contributed by atoms with Crippen LogP contribution in [0, 0.1) is 17.5 Å². The Morgan fingerprint density at radius 2 is 2.00 bits per heavy atom. The van der Waals surface area contributed by atoms with Crippen LogP contribution in [0.1, 0.15) is 18.4 Å². The number of nitrogens with zero attached hydrogens (tertiary/aromatic N) is 1. The van der Waals surface area contributed by atoms with Crippen molar-refractivity contribution in [3.63, 3.8) is 0 Å². The standard InChI is InChI=1S/C21H20ClF3N2O4/c22-11-1-3-15(13(23)7-11)27-6-5-21(30,17(28)9-27)10-31-16-8-14(24)19(25)20-12(16)2-4-18(29)26-20/h1,3,7-8,17,28,30H,2,4-6,9-10H2,(H,26,29). The number of nitrogens with one attached hydrogen (secondary N) is 1. The monoisotopic (exact) mass is 456 g/mol. The molecule has 0 bridgehead atoms. The van der Waals surface area contributed by atoms with Gasteiger partial charge in [-0.05, 0) is 31.0 Å².